The van der Waals surface area contributed by atoms with Gasteiger partial charge in [-0.2, -0.15) is 13.2 Å². The fourth-order valence-corrected chi connectivity index (χ4v) is 1.79. The molecule has 0 saturated heterocycles. The third-order valence-corrected chi connectivity index (χ3v) is 2.78. The van der Waals surface area contributed by atoms with Crippen LogP contribution in [0.25, 0.3) is 0 Å². The van der Waals surface area contributed by atoms with Gasteiger partial charge >= 0.3 is 6.18 Å². The summed E-state index contributed by atoms with van der Waals surface area (Å²) in [4.78, 5) is 3.98. The number of nitrogens with one attached hydrogen (secondary N) is 1. The molecule has 0 amide bonds. The van der Waals surface area contributed by atoms with Gasteiger partial charge < -0.3 is 10.3 Å². The molecule has 7 heteroatoms. The summed E-state index contributed by atoms with van der Waals surface area (Å²) in [5.41, 5.74) is 6.25. The topological polar surface area (TPSA) is 55.9 Å². The van der Waals surface area contributed by atoms with E-state index in [9.17, 15) is 13.2 Å². The van der Waals surface area contributed by atoms with Gasteiger partial charge in [0.15, 0.2) is 0 Å². The van der Waals surface area contributed by atoms with Crippen LogP contribution in [0.2, 0.25) is 0 Å². The summed E-state index contributed by atoms with van der Waals surface area (Å²) < 4.78 is 38.3. The predicted octanol–water partition coefficient (Wildman–Crippen LogP) is 1.37. The standard InChI is InChI=1S/C10H15F3N4/c11-10(12,13)5-16-8(3-14)9-4-15-6-17(9)7-1-2-7/h4,6-8,16H,1-3,5,14H2. The Hall–Kier alpha value is -1.08. The summed E-state index contributed by atoms with van der Waals surface area (Å²) in [5, 5.41) is 2.42. The quantitative estimate of drug-likeness (QED) is 0.827. The molecule has 0 aliphatic heterocycles. The number of imidazole rings is 1. The molecule has 1 aliphatic rings. The first kappa shape index (κ1) is 12.4. The molecule has 1 unspecified atom stereocenters. The first-order valence-electron chi connectivity index (χ1n) is 5.53. The number of hydrogen-bond donors (Lipinski definition) is 2. The Morgan fingerprint density at radius 1 is 1.53 bits per heavy atom. The van der Waals surface area contributed by atoms with Crippen molar-refractivity contribution in [1.82, 2.24) is 14.9 Å². The highest BCUT2D eigenvalue weighted by Gasteiger charge is 2.31. The van der Waals surface area contributed by atoms with E-state index in [2.05, 4.69) is 10.3 Å². The van der Waals surface area contributed by atoms with E-state index in [0.29, 0.717) is 6.04 Å². The van der Waals surface area contributed by atoms with E-state index < -0.39 is 18.8 Å². The van der Waals surface area contributed by atoms with Crippen molar-refractivity contribution < 1.29 is 13.2 Å². The third kappa shape index (κ3) is 3.19. The zero-order chi connectivity index (χ0) is 12.5. The van der Waals surface area contributed by atoms with E-state index in [4.69, 9.17) is 5.73 Å². The minimum atomic E-state index is -4.22. The van der Waals surface area contributed by atoms with Crippen molar-refractivity contribution in [3.05, 3.63) is 18.2 Å². The first-order chi connectivity index (χ1) is 8.01. The first-order valence-corrected chi connectivity index (χ1v) is 5.53. The average molecular weight is 248 g/mol. The van der Waals surface area contributed by atoms with Crippen molar-refractivity contribution >= 4 is 0 Å². The van der Waals surface area contributed by atoms with Crippen LogP contribution in [0, 0.1) is 0 Å². The molecular formula is C10H15F3N4. The van der Waals surface area contributed by atoms with Crippen LogP contribution < -0.4 is 11.1 Å². The summed E-state index contributed by atoms with van der Waals surface area (Å²) >= 11 is 0. The minimum Gasteiger partial charge on any atom is -0.330 e. The molecule has 0 aromatic carbocycles. The van der Waals surface area contributed by atoms with Crippen LogP contribution in [0.5, 0.6) is 0 Å². The van der Waals surface area contributed by atoms with Crippen molar-refractivity contribution in [3.63, 3.8) is 0 Å². The Bertz CT molecular complexity index is 370. The number of aromatic nitrogens is 2. The highest BCUT2D eigenvalue weighted by Crippen LogP contribution is 2.36. The molecule has 1 heterocycles. The predicted molar refractivity (Wildman–Crippen MR) is 56.4 cm³/mol. The van der Waals surface area contributed by atoms with Gasteiger partial charge in [0.1, 0.15) is 0 Å². The lowest BCUT2D eigenvalue weighted by atomic mass is 10.2. The van der Waals surface area contributed by atoms with Gasteiger partial charge in [-0.15, -0.1) is 0 Å². The van der Waals surface area contributed by atoms with Gasteiger partial charge in [-0.05, 0) is 12.8 Å². The maximum Gasteiger partial charge on any atom is 0.401 e. The molecular weight excluding hydrogens is 233 g/mol. The molecule has 1 aromatic rings. The highest BCUT2D eigenvalue weighted by atomic mass is 19.4. The summed E-state index contributed by atoms with van der Waals surface area (Å²) in [6, 6.07) is -0.117. The summed E-state index contributed by atoms with van der Waals surface area (Å²) in [7, 11) is 0. The lowest BCUT2D eigenvalue weighted by molar-refractivity contribution is -0.126. The highest BCUT2D eigenvalue weighted by molar-refractivity contribution is 5.09. The Morgan fingerprint density at radius 2 is 2.24 bits per heavy atom. The Kier molecular flexibility index (Phi) is 3.39. The Balaban J connectivity index is 2.03. The monoisotopic (exact) mass is 248 g/mol. The molecule has 1 saturated carbocycles. The average Bonchev–Trinajstić information content (AvgIpc) is 2.98. The number of hydrogen-bond acceptors (Lipinski definition) is 3. The zero-order valence-electron chi connectivity index (χ0n) is 9.24. The Labute approximate surface area is 97.0 Å². The largest absolute Gasteiger partial charge is 0.401 e. The van der Waals surface area contributed by atoms with Gasteiger partial charge in [0.05, 0.1) is 24.6 Å². The van der Waals surface area contributed by atoms with Gasteiger partial charge in [-0.1, -0.05) is 0 Å². The zero-order valence-corrected chi connectivity index (χ0v) is 9.24. The fourth-order valence-electron chi connectivity index (χ4n) is 1.79. The number of halogens is 3. The van der Waals surface area contributed by atoms with Gasteiger partial charge in [0, 0.05) is 18.8 Å². The van der Waals surface area contributed by atoms with Crippen molar-refractivity contribution in [3.8, 4) is 0 Å². The molecule has 2 rings (SSSR count). The molecule has 0 radical (unpaired) electrons. The molecule has 1 aliphatic carbocycles. The van der Waals surface area contributed by atoms with E-state index in [1.165, 1.54) is 0 Å². The molecule has 17 heavy (non-hydrogen) atoms. The lowest BCUT2D eigenvalue weighted by Crippen LogP contribution is -2.36. The van der Waals surface area contributed by atoms with Crippen LogP contribution in [0.1, 0.15) is 30.6 Å². The molecule has 1 atom stereocenters. The van der Waals surface area contributed by atoms with Gasteiger partial charge in [0.2, 0.25) is 0 Å². The molecule has 1 fully saturated rings. The van der Waals surface area contributed by atoms with E-state index >= 15 is 0 Å². The summed E-state index contributed by atoms with van der Waals surface area (Å²) in [6.07, 6.45) is 1.13. The van der Waals surface area contributed by atoms with E-state index in [0.717, 1.165) is 18.5 Å². The minimum absolute atomic E-state index is 0.120. The molecule has 0 bridgehead atoms. The fraction of sp³-hybridized carbons (Fsp3) is 0.700. The van der Waals surface area contributed by atoms with Crippen molar-refractivity contribution in [2.24, 2.45) is 5.73 Å². The second-order valence-corrected chi connectivity index (χ2v) is 4.24. The number of rotatable bonds is 5. The smallest absolute Gasteiger partial charge is 0.330 e. The van der Waals surface area contributed by atoms with Crippen molar-refractivity contribution in [2.75, 3.05) is 13.1 Å². The third-order valence-electron chi connectivity index (χ3n) is 2.78. The number of nitrogens with two attached hydrogens (primary N) is 1. The number of nitrogens with zero attached hydrogens (tertiary/aromatic N) is 2. The second kappa shape index (κ2) is 4.66. The van der Waals surface area contributed by atoms with Gasteiger partial charge in [-0.25, -0.2) is 4.98 Å². The van der Waals surface area contributed by atoms with Crippen LogP contribution in [0.15, 0.2) is 12.5 Å². The molecule has 3 N–H and O–H groups in total. The second-order valence-electron chi connectivity index (χ2n) is 4.24. The van der Waals surface area contributed by atoms with Gasteiger partial charge in [0.25, 0.3) is 0 Å². The van der Waals surface area contributed by atoms with Crippen LogP contribution >= 0.6 is 0 Å². The maximum absolute atomic E-state index is 12.1. The van der Waals surface area contributed by atoms with Crippen LogP contribution in [-0.4, -0.2) is 28.8 Å². The molecule has 0 spiro atoms. The Morgan fingerprint density at radius 3 is 2.76 bits per heavy atom. The normalized spacial score (nSPS) is 18.4. The van der Waals surface area contributed by atoms with E-state index in [1.807, 2.05) is 4.57 Å². The summed E-state index contributed by atoms with van der Waals surface area (Å²) in [5.74, 6) is 0. The maximum atomic E-state index is 12.1. The molecule has 96 valence electrons. The van der Waals surface area contributed by atoms with Crippen LogP contribution in [0.3, 0.4) is 0 Å². The number of alkyl halides is 3. The molecule has 1 aromatic heterocycles. The van der Waals surface area contributed by atoms with Crippen molar-refractivity contribution in [1.29, 1.82) is 0 Å². The van der Waals surface area contributed by atoms with Crippen molar-refractivity contribution in [2.45, 2.75) is 31.1 Å². The SMILES string of the molecule is NCC(NCC(F)(F)F)c1cncn1C1CC1. The van der Waals surface area contributed by atoms with Gasteiger partial charge in [-0.3, -0.25) is 5.32 Å². The van der Waals surface area contributed by atoms with Crippen LogP contribution in [-0.2, 0) is 0 Å². The summed E-state index contributed by atoms with van der Waals surface area (Å²) in [6.45, 7) is -0.917. The lowest BCUT2D eigenvalue weighted by Gasteiger charge is -2.19. The van der Waals surface area contributed by atoms with Crippen LogP contribution in [0.4, 0.5) is 13.2 Å². The van der Waals surface area contributed by atoms with E-state index in [-0.39, 0.29) is 6.54 Å². The molecule has 4 nitrogen and oxygen atoms in total. The van der Waals surface area contributed by atoms with E-state index in [1.54, 1.807) is 12.5 Å².